The van der Waals surface area contributed by atoms with Gasteiger partial charge in [-0.15, -0.1) is 0 Å². The first-order valence-electron chi connectivity index (χ1n) is 5.51. The summed E-state index contributed by atoms with van der Waals surface area (Å²) in [5.41, 5.74) is 1.26. The highest BCUT2D eigenvalue weighted by Crippen LogP contribution is 2.48. The second kappa shape index (κ2) is 6.56. The average molecular weight is 253 g/mol. The minimum absolute atomic E-state index is 0.134. The Morgan fingerprint density at radius 3 is 2.59 bits per heavy atom. The van der Waals surface area contributed by atoms with Crippen molar-refractivity contribution in [1.82, 2.24) is 0 Å². The number of hydrogen-bond acceptors (Lipinski definition) is 4. The van der Waals surface area contributed by atoms with Gasteiger partial charge in [0.1, 0.15) is 0 Å². The molecule has 0 fully saturated rings. The third kappa shape index (κ3) is 3.98. The van der Waals surface area contributed by atoms with Crippen LogP contribution < -0.4 is 0 Å². The first-order chi connectivity index (χ1) is 8.15. The minimum Gasteiger partial charge on any atom is -0.309 e. The Labute approximate surface area is 102 Å². The molecule has 0 spiro atoms. The van der Waals surface area contributed by atoms with Crippen molar-refractivity contribution in [3.8, 4) is 6.07 Å². The van der Waals surface area contributed by atoms with E-state index in [4.69, 9.17) is 14.3 Å². The SMILES string of the molecule is CCOP(=O)(CC)OCc1ccccc1C#N. The van der Waals surface area contributed by atoms with Gasteiger partial charge >= 0.3 is 7.60 Å². The third-order valence-corrected chi connectivity index (χ3v) is 4.22. The summed E-state index contributed by atoms with van der Waals surface area (Å²) in [5.74, 6) is 0. The van der Waals surface area contributed by atoms with Crippen LogP contribution in [0.3, 0.4) is 0 Å². The molecule has 0 bridgehead atoms. The fraction of sp³-hybridized carbons (Fsp3) is 0.417. The van der Waals surface area contributed by atoms with Gasteiger partial charge in [0.2, 0.25) is 0 Å². The minimum atomic E-state index is -3.01. The van der Waals surface area contributed by atoms with Crippen molar-refractivity contribution >= 4 is 7.60 Å². The number of hydrogen-bond donors (Lipinski definition) is 0. The molecule has 1 rings (SSSR count). The Balaban J connectivity index is 2.73. The first-order valence-corrected chi connectivity index (χ1v) is 7.24. The van der Waals surface area contributed by atoms with Crippen molar-refractivity contribution in [1.29, 1.82) is 5.26 Å². The summed E-state index contributed by atoms with van der Waals surface area (Å²) < 4.78 is 22.5. The lowest BCUT2D eigenvalue weighted by Gasteiger charge is -2.16. The van der Waals surface area contributed by atoms with Gasteiger partial charge in [0.05, 0.1) is 24.8 Å². The molecule has 1 unspecified atom stereocenters. The summed E-state index contributed by atoms with van der Waals surface area (Å²) in [7, 11) is -3.01. The molecule has 1 aromatic rings. The fourth-order valence-corrected chi connectivity index (χ4v) is 2.51. The van der Waals surface area contributed by atoms with E-state index in [0.717, 1.165) is 5.56 Å². The Morgan fingerprint density at radius 1 is 1.29 bits per heavy atom. The lowest BCUT2D eigenvalue weighted by molar-refractivity contribution is 0.205. The van der Waals surface area contributed by atoms with Crippen LogP contribution in [0.5, 0.6) is 0 Å². The van der Waals surface area contributed by atoms with Crippen LogP contribution in [-0.2, 0) is 20.2 Å². The molecule has 1 atom stereocenters. The van der Waals surface area contributed by atoms with Gasteiger partial charge in [-0.05, 0) is 18.6 Å². The number of rotatable bonds is 6. The third-order valence-electron chi connectivity index (χ3n) is 2.27. The Kier molecular flexibility index (Phi) is 5.37. The second-order valence-electron chi connectivity index (χ2n) is 3.39. The van der Waals surface area contributed by atoms with Crippen LogP contribution in [0.4, 0.5) is 0 Å². The summed E-state index contributed by atoms with van der Waals surface area (Å²) in [5, 5.41) is 8.90. The molecular weight excluding hydrogens is 237 g/mol. The zero-order valence-electron chi connectivity index (χ0n) is 10.0. The molecule has 0 saturated heterocycles. The molecule has 1 aromatic carbocycles. The maximum Gasteiger partial charge on any atom is 0.330 e. The van der Waals surface area contributed by atoms with E-state index in [1.54, 1.807) is 32.0 Å². The Bertz CT molecular complexity index is 453. The largest absolute Gasteiger partial charge is 0.330 e. The van der Waals surface area contributed by atoms with Gasteiger partial charge in [-0.25, -0.2) is 0 Å². The van der Waals surface area contributed by atoms with Crippen molar-refractivity contribution in [2.24, 2.45) is 0 Å². The van der Waals surface area contributed by atoms with E-state index in [1.165, 1.54) is 0 Å². The van der Waals surface area contributed by atoms with Gasteiger partial charge in [0, 0.05) is 6.16 Å². The molecule has 17 heavy (non-hydrogen) atoms. The van der Waals surface area contributed by atoms with Crippen molar-refractivity contribution in [3.63, 3.8) is 0 Å². The van der Waals surface area contributed by atoms with Crippen LogP contribution >= 0.6 is 7.60 Å². The monoisotopic (exact) mass is 253 g/mol. The van der Waals surface area contributed by atoms with Crippen LogP contribution in [0.1, 0.15) is 25.0 Å². The maximum atomic E-state index is 12.0. The highest BCUT2D eigenvalue weighted by molar-refractivity contribution is 7.53. The predicted octanol–water partition coefficient (Wildman–Crippen LogP) is 3.32. The first kappa shape index (κ1) is 13.9. The smallest absolute Gasteiger partial charge is 0.309 e. The number of nitriles is 1. The Hall–Kier alpha value is -1.14. The molecule has 92 valence electrons. The van der Waals surface area contributed by atoms with E-state index in [-0.39, 0.29) is 6.61 Å². The Morgan fingerprint density at radius 2 is 2.00 bits per heavy atom. The molecule has 0 aliphatic rings. The van der Waals surface area contributed by atoms with Crippen molar-refractivity contribution in [2.45, 2.75) is 20.5 Å². The highest BCUT2D eigenvalue weighted by Gasteiger charge is 2.21. The molecule has 4 nitrogen and oxygen atoms in total. The molecule has 0 radical (unpaired) electrons. The fourth-order valence-electron chi connectivity index (χ4n) is 1.34. The van der Waals surface area contributed by atoms with E-state index < -0.39 is 7.60 Å². The van der Waals surface area contributed by atoms with E-state index in [9.17, 15) is 4.57 Å². The molecule has 0 heterocycles. The van der Waals surface area contributed by atoms with E-state index >= 15 is 0 Å². The van der Waals surface area contributed by atoms with Crippen LogP contribution in [-0.4, -0.2) is 12.8 Å². The van der Waals surface area contributed by atoms with Crippen LogP contribution in [0.2, 0.25) is 0 Å². The summed E-state index contributed by atoms with van der Waals surface area (Å²) in [4.78, 5) is 0. The van der Waals surface area contributed by atoms with Crippen LogP contribution in [0, 0.1) is 11.3 Å². The molecule has 0 N–H and O–H groups in total. The maximum absolute atomic E-state index is 12.0. The van der Waals surface area contributed by atoms with Gasteiger partial charge in [0.15, 0.2) is 0 Å². The van der Waals surface area contributed by atoms with E-state index in [1.807, 2.05) is 6.07 Å². The molecule has 5 heteroatoms. The van der Waals surface area contributed by atoms with Crippen molar-refractivity contribution in [3.05, 3.63) is 35.4 Å². The van der Waals surface area contributed by atoms with Gasteiger partial charge in [-0.2, -0.15) is 5.26 Å². The molecular formula is C12H16NO3P. The number of benzene rings is 1. The average Bonchev–Trinajstić information content (AvgIpc) is 2.37. The lowest BCUT2D eigenvalue weighted by Crippen LogP contribution is -2.00. The van der Waals surface area contributed by atoms with Crippen molar-refractivity contribution < 1.29 is 13.6 Å². The van der Waals surface area contributed by atoms with E-state index in [0.29, 0.717) is 18.3 Å². The quantitative estimate of drug-likeness (QED) is 0.729. The van der Waals surface area contributed by atoms with Gasteiger partial charge in [0.25, 0.3) is 0 Å². The molecule has 0 saturated carbocycles. The summed E-state index contributed by atoms with van der Waals surface area (Å²) in [6.07, 6.45) is 0.329. The topological polar surface area (TPSA) is 59.3 Å². The molecule has 0 aromatic heterocycles. The predicted molar refractivity (Wildman–Crippen MR) is 65.7 cm³/mol. The molecule has 0 aliphatic heterocycles. The summed E-state index contributed by atoms with van der Waals surface area (Å²) in [6.45, 7) is 4.02. The molecule has 0 amide bonds. The van der Waals surface area contributed by atoms with Crippen LogP contribution in [0.15, 0.2) is 24.3 Å². The zero-order chi connectivity index (χ0) is 12.7. The lowest BCUT2D eigenvalue weighted by atomic mass is 10.1. The van der Waals surface area contributed by atoms with Gasteiger partial charge < -0.3 is 9.05 Å². The highest BCUT2D eigenvalue weighted by atomic mass is 31.2. The normalized spacial score (nSPS) is 13.9. The van der Waals surface area contributed by atoms with Gasteiger partial charge in [-0.1, -0.05) is 25.1 Å². The van der Waals surface area contributed by atoms with Crippen molar-refractivity contribution in [2.75, 3.05) is 12.8 Å². The van der Waals surface area contributed by atoms with E-state index in [2.05, 4.69) is 6.07 Å². The second-order valence-corrected chi connectivity index (χ2v) is 5.76. The zero-order valence-corrected chi connectivity index (χ0v) is 10.9. The summed E-state index contributed by atoms with van der Waals surface area (Å²) >= 11 is 0. The standard InChI is InChI=1S/C12H16NO3P/c1-3-15-17(14,4-2)16-10-12-8-6-5-7-11(12)9-13/h5-8H,3-4,10H2,1-2H3. The number of nitrogens with zero attached hydrogens (tertiary/aromatic N) is 1. The molecule has 0 aliphatic carbocycles. The summed E-state index contributed by atoms with van der Waals surface area (Å²) in [6, 6.07) is 9.16. The van der Waals surface area contributed by atoms with Crippen LogP contribution in [0.25, 0.3) is 0 Å². The van der Waals surface area contributed by atoms with Gasteiger partial charge in [-0.3, -0.25) is 4.57 Å².